The molecule has 2 saturated carbocycles. The van der Waals surface area contributed by atoms with E-state index >= 15 is 0 Å². The highest BCUT2D eigenvalue weighted by Crippen LogP contribution is 2.61. The van der Waals surface area contributed by atoms with Crippen molar-refractivity contribution in [2.45, 2.75) is 44.9 Å². The molecule has 2 aliphatic carbocycles. The summed E-state index contributed by atoms with van der Waals surface area (Å²) in [5.74, 6) is 0.720. The van der Waals surface area contributed by atoms with Crippen molar-refractivity contribution in [2.24, 2.45) is 17.3 Å². The monoisotopic (exact) mass is 431 g/mol. The molecule has 2 amide bonds. The van der Waals surface area contributed by atoms with Crippen LogP contribution >= 0.6 is 0 Å². The SMILES string of the molecule is O=C(CC1(C(=O)NCCNc2ccc(F)cc2)C[C@H]1C1CCCCC1)N1CCOCC1. The normalized spacial score (nSPS) is 26.4. The van der Waals surface area contributed by atoms with E-state index in [-0.39, 0.29) is 17.6 Å². The molecule has 170 valence electrons. The average Bonchev–Trinajstić information content (AvgIpc) is 3.54. The van der Waals surface area contributed by atoms with Gasteiger partial charge in [0.05, 0.1) is 18.6 Å². The second-order valence-corrected chi connectivity index (χ2v) is 9.22. The van der Waals surface area contributed by atoms with Crippen molar-refractivity contribution >= 4 is 17.5 Å². The van der Waals surface area contributed by atoms with E-state index in [1.54, 1.807) is 12.1 Å². The van der Waals surface area contributed by atoms with Crippen molar-refractivity contribution < 1.29 is 18.7 Å². The van der Waals surface area contributed by atoms with Gasteiger partial charge in [0, 0.05) is 38.3 Å². The van der Waals surface area contributed by atoms with Crippen molar-refractivity contribution in [1.82, 2.24) is 10.2 Å². The van der Waals surface area contributed by atoms with Gasteiger partial charge in [-0.3, -0.25) is 9.59 Å². The Balaban J connectivity index is 1.33. The number of halogens is 1. The summed E-state index contributed by atoms with van der Waals surface area (Å²) < 4.78 is 18.4. The Kier molecular flexibility index (Phi) is 7.10. The van der Waals surface area contributed by atoms with Crippen LogP contribution in [0.5, 0.6) is 0 Å². The van der Waals surface area contributed by atoms with Gasteiger partial charge in [-0.1, -0.05) is 32.1 Å². The van der Waals surface area contributed by atoms with E-state index in [2.05, 4.69) is 10.6 Å². The molecule has 0 aromatic heterocycles. The summed E-state index contributed by atoms with van der Waals surface area (Å²) in [6.45, 7) is 3.41. The van der Waals surface area contributed by atoms with E-state index in [9.17, 15) is 14.0 Å². The van der Waals surface area contributed by atoms with Crippen LogP contribution in [0.3, 0.4) is 0 Å². The van der Waals surface area contributed by atoms with Gasteiger partial charge in [0.15, 0.2) is 0 Å². The molecule has 1 aromatic carbocycles. The number of carbonyl (C=O) groups is 2. The molecule has 0 spiro atoms. The lowest BCUT2D eigenvalue weighted by molar-refractivity contribution is -0.141. The molecule has 31 heavy (non-hydrogen) atoms. The third-order valence-corrected chi connectivity index (χ3v) is 7.22. The Morgan fingerprint density at radius 2 is 1.77 bits per heavy atom. The lowest BCUT2D eigenvalue weighted by Crippen LogP contribution is -2.44. The van der Waals surface area contributed by atoms with Crippen molar-refractivity contribution in [2.75, 3.05) is 44.7 Å². The molecule has 6 nitrogen and oxygen atoms in total. The van der Waals surface area contributed by atoms with Crippen LogP contribution in [0.4, 0.5) is 10.1 Å². The summed E-state index contributed by atoms with van der Waals surface area (Å²) in [4.78, 5) is 28.1. The number of nitrogens with zero attached hydrogens (tertiary/aromatic N) is 1. The summed E-state index contributed by atoms with van der Waals surface area (Å²) in [5, 5.41) is 6.27. The predicted octanol–water partition coefficient (Wildman–Crippen LogP) is 3.19. The van der Waals surface area contributed by atoms with Crippen molar-refractivity contribution in [3.63, 3.8) is 0 Å². The van der Waals surface area contributed by atoms with Crippen molar-refractivity contribution in [1.29, 1.82) is 0 Å². The van der Waals surface area contributed by atoms with Crippen molar-refractivity contribution in [3.05, 3.63) is 30.1 Å². The van der Waals surface area contributed by atoms with Gasteiger partial charge in [-0.25, -0.2) is 4.39 Å². The standard InChI is InChI=1S/C24H34FN3O3/c25-19-6-8-20(9-7-19)26-10-11-27-23(30)24(16-21(24)18-4-2-1-3-5-18)17-22(29)28-12-14-31-15-13-28/h6-9,18,21,26H,1-5,10-17H2,(H,27,30)/t21-,24?/m0/s1. The number of rotatable bonds is 8. The summed E-state index contributed by atoms with van der Waals surface area (Å²) in [7, 11) is 0. The number of hydrogen-bond acceptors (Lipinski definition) is 4. The third-order valence-electron chi connectivity index (χ3n) is 7.22. The Hall–Kier alpha value is -2.15. The Morgan fingerprint density at radius 1 is 1.06 bits per heavy atom. The first kappa shape index (κ1) is 22.1. The van der Waals surface area contributed by atoms with Gasteiger partial charge in [0.2, 0.25) is 11.8 Å². The zero-order valence-corrected chi connectivity index (χ0v) is 18.2. The van der Waals surface area contributed by atoms with E-state index in [1.165, 1.54) is 44.2 Å². The second kappa shape index (κ2) is 9.98. The average molecular weight is 432 g/mol. The molecule has 2 atom stereocenters. The molecule has 1 unspecified atom stereocenters. The molecule has 1 heterocycles. The number of morpholine rings is 1. The quantitative estimate of drug-likeness (QED) is 0.620. The van der Waals surface area contributed by atoms with E-state index in [0.29, 0.717) is 57.6 Å². The largest absolute Gasteiger partial charge is 0.383 e. The molecule has 1 aromatic rings. The summed E-state index contributed by atoms with van der Waals surface area (Å²) in [5.41, 5.74) is 0.271. The minimum atomic E-state index is -0.548. The van der Waals surface area contributed by atoms with Crippen LogP contribution in [0.2, 0.25) is 0 Å². The number of ether oxygens (including phenoxy) is 1. The molecule has 2 N–H and O–H groups in total. The number of amides is 2. The lowest BCUT2D eigenvalue weighted by Gasteiger charge is -2.30. The molecule has 3 aliphatic rings. The fourth-order valence-corrected chi connectivity index (χ4v) is 5.35. The fraction of sp³-hybridized carbons (Fsp3) is 0.667. The van der Waals surface area contributed by atoms with Gasteiger partial charge in [0.1, 0.15) is 5.82 Å². The highest BCUT2D eigenvalue weighted by Gasteiger charge is 2.63. The van der Waals surface area contributed by atoms with Crippen LogP contribution in [0.15, 0.2) is 24.3 Å². The fourth-order valence-electron chi connectivity index (χ4n) is 5.35. The molecule has 4 rings (SSSR count). The van der Waals surface area contributed by atoms with Crippen LogP contribution in [0.1, 0.15) is 44.9 Å². The van der Waals surface area contributed by atoms with E-state index in [0.717, 1.165) is 12.1 Å². The van der Waals surface area contributed by atoms with Crippen LogP contribution in [0, 0.1) is 23.1 Å². The third kappa shape index (κ3) is 5.37. The first-order chi connectivity index (χ1) is 15.1. The zero-order chi connectivity index (χ0) is 21.7. The molecule has 0 radical (unpaired) electrons. The molecular formula is C24H34FN3O3. The summed E-state index contributed by atoms with van der Waals surface area (Å²) in [6.07, 6.45) is 7.24. The van der Waals surface area contributed by atoms with E-state index in [4.69, 9.17) is 4.74 Å². The summed E-state index contributed by atoms with van der Waals surface area (Å²) >= 11 is 0. The molecule has 7 heteroatoms. The molecule has 1 aliphatic heterocycles. The number of carbonyl (C=O) groups excluding carboxylic acids is 2. The van der Waals surface area contributed by atoms with Crippen molar-refractivity contribution in [3.8, 4) is 0 Å². The van der Waals surface area contributed by atoms with Crippen LogP contribution in [-0.2, 0) is 14.3 Å². The van der Waals surface area contributed by atoms with Gasteiger partial charge in [-0.05, 0) is 42.5 Å². The van der Waals surface area contributed by atoms with Gasteiger partial charge >= 0.3 is 0 Å². The minimum absolute atomic E-state index is 0.0191. The lowest BCUT2D eigenvalue weighted by atomic mass is 9.81. The number of hydrogen-bond donors (Lipinski definition) is 2. The maximum atomic E-state index is 13.3. The van der Waals surface area contributed by atoms with E-state index < -0.39 is 5.41 Å². The molecular weight excluding hydrogens is 397 g/mol. The number of benzene rings is 1. The topological polar surface area (TPSA) is 70.7 Å². The first-order valence-corrected chi connectivity index (χ1v) is 11.7. The smallest absolute Gasteiger partial charge is 0.227 e. The summed E-state index contributed by atoms with van der Waals surface area (Å²) in [6, 6.07) is 6.18. The first-order valence-electron chi connectivity index (χ1n) is 11.7. The van der Waals surface area contributed by atoms with Gasteiger partial charge in [-0.15, -0.1) is 0 Å². The van der Waals surface area contributed by atoms with Gasteiger partial charge in [0.25, 0.3) is 0 Å². The number of anilines is 1. The molecule has 1 saturated heterocycles. The van der Waals surface area contributed by atoms with Gasteiger partial charge in [-0.2, -0.15) is 0 Å². The predicted molar refractivity (Wildman–Crippen MR) is 117 cm³/mol. The Morgan fingerprint density at radius 3 is 2.48 bits per heavy atom. The second-order valence-electron chi connectivity index (χ2n) is 9.22. The van der Waals surface area contributed by atoms with Crippen LogP contribution in [0.25, 0.3) is 0 Å². The minimum Gasteiger partial charge on any atom is -0.383 e. The highest BCUT2D eigenvalue weighted by atomic mass is 19.1. The zero-order valence-electron chi connectivity index (χ0n) is 18.2. The van der Waals surface area contributed by atoms with Crippen LogP contribution in [-0.4, -0.2) is 56.1 Å². The Bertz CT molecular complexity index is 760. The van der Waals surface area contributed by atoms with Gasteiger partial charge < -0.3 is 20.3 Å². The molecule has 0 bridgehead atoms. The maximum absolute atomic E-state index is 13.3. The highest BCUT2D eigenvalue weighted by molar-refractivity contribution is 5.92. The van der Waals surface area contributed by atoms with Crippen LogP contribution < -0.4 is 10.6 Å². The Labute approximate surface area is 183 Å². The molecule has 3 fully saturated rings. The van der Waals surface area contributed by atoms with E-state index in [1.807, 2.05) is 4.90 Å². The maximum Gasteiger partial charge on any atom is 0.227 e. The number of nitrogens with one attached hydrogen (secondary N) is 2.